The van der Waals surface area contributed by atoms with Gasteiger partial charge >= 0.3 is 0 Å². The van der Waals surface area contributed by atoms with Gasteiger partial charge in [0, 0.05) is 41.4 Å². The van der Waals surface area contributed by atoms with Crippen molar-refractivity contribution in [2.24, 2.45) is 7.05 Å². The van der Waals surface area contributed by atoms with Gasteiger partial charge in [0.25, 0.3) is 5.69 Å². The molecule has 2 aromatic heterocycles. The highest BCUT2D eigenvalue weighted by atomic mass is 32.1. The van der Waals surface area contributed by atoms with Crippen LogP contribution in [0.1, 0.15) is 10.4 Å². The third-order valence-corrected chi connectivity index (χ3v) is 6.41. The Morgan fingerprint density at radius 2 is 1.53 bits per heavy atom. The van der Waals surface area contributed by atoms with Gasteiger partial charge < -0.3 is 4.57 Å². The maximum atomic E-state index is 10.8. The molecular weight excluding hydrogens is 444 g/mol. The minimum absolute atomic E-state index is 0.0791. The van der Waals surface area contributed by atoms with Gasteiger partial charge in [-0.15, -0.1) is 11.3 Å². The summed E-state index contributed by atoms with van der Waals surface area (Å²) < 4.78 is 2.10. The van der Waals surface area contributed by atoms with E-state index in [0.717, 1.165) is 43.8 Å². The van der Waals surface area contributed by atoms with E-state index in [1.807, 2.05) is 61.8 Å². The summed E-state index contributed by atoms with van der Waals surface area (Å²) in [5, 5.41) is 11.7. The molecule has 0 fully saturated rings. The number of aromatic nitrogens is 3. The number of imidazole rings is 1. The maximum Gasteiger partial charge on any atom is 0.269 e. The summed E-state index contributed by atoms with van der Waals surface area (Å²) in [6.07, 6.45) is 5.70. The fourth-order valence-corrected chi connectivity index (χ4v) is 4.61. The number of thiazole rings is 1. The molecule has 2 heterocycles. The van der Waals surface area contributed by atoms with Crippen molar-refractivity contribution < 1.29 is 4.92 Å². The molecule has 5 rings (SSSR count). The van der Waals surface area contributed by atoms with E-state index in [1.165, 1.54) is 12.1 Å². The zero-order chi connectivity index (χ0) is 23.5. The monoisotopic (exact) mass is 464 g/mol. The summed E-state index contributed by atoms with van der Waals surface area (Å²) in [5.41, 5.74) is 5.07. The first-order valence-electron chi connectivity index (χ1n) is 10.7. The molecule has 0 saturated heterocycles. The SMILES string of the molecule is Cn1c(-c2ncc(/C=C/c3ccc([N+](=O)[O-])cc3)s2)nc(-c2ccccc2)c1-c1ccccc1. The van der Waals surface area contributed by atoms with E-state index >= 15 is 0 Å². The Labute approximate surface area is 200 Å². The normalized spacial score (nSPS) is 11.2. The van der Waals surface area contributed by atoms with Crippen LogP contribution in [0.25, 0.3) is 45.5 Å². The van der Waals surface area contributed by atoms with Crippen molar-refractivity contribution in [2.45, 2.75) is 0 Å². The highest BCUT2D eigenvalue weighted by Gasteiger charge is 2.20. The second-order valence-electron chi connectivity index (χ2n) is 7.67. The molecule has 3 aromatic carbocycles. The van der Waals surface area contributed by atoms with Crippen LogP contribution in [0.5, 0.6) is 0 Å². The predicted molar refractivity (Wildman–Crippen MR) is 137 cm³/mol. The van der Waals surface area contributed by atoms with Gasteiger partial charge in [0.15, 0.2) is 10.8 Å². The summed E-state index contributed by atoms with van der Waals surface area (Å²) >= 11 is 1.55. The second kappa shape index (κ2) is 9.25. The van der Waals surface area contributed by atoms with Crippen molar-refractivity contribution >= 4 is 29.2 Å². The number of non-ortho nitro benzene ring substituents is 1. The molecule has 0 aliphatic carbocycles. The Kier molecular flexibility index (Phi) is 5.84. The van der Waals surface area contributed by atoms with E-state index in [2.05, 4.69) is 33.8 Å². The lowest BCUT2D eigenvalue weighted by atomic mass is 10.1. The van der Waals surface area contributed by atoms with Crippen LogP contribution in [0.2, 0.25) is 0 Å². The largest absolute Gasteiger partial charge is 0.325 e. The molecule has 0 saturated carbocycles. The zero-order valence-corrected chi connectivity index (χ0v) is 19.1. The van der Waals surface area contributed by atoms with Crippen molar-refractivity contribution in [1.29, 1.82) is 0 Å². The first-order valence-corrected chi connectivity index (χ1v) is 11.5. The van der Waals surface area contributed by atoms with Crippen molar-refractivity contribution in [3.8, 4) is 33.3 Å². The molecule has 0 unspecified atom stereocenters. The van der Waals surface area contributed by atoms with Crippen LogP contribution >= 0.6 is 11.3 Å². The zero-order valence-electron chi connectivity index (χ0n) is 18.3. The van der Waals surface area contributed by atoms with Crippen molar-refractivity contribution in [3.63, 3.8) is 0 Å². The molecule has 0 N–H and O–H groups in total. The smallest absolute Gasteiger partial charge is 0.269 e. The first-order chi connectivity index (χ1) is 16.6. The minimum Gasteiger partial charge on any atom is -0.325 e. The highest BCUT2D eigenvalue weighted by Crippen LogP contribution is 2.36. The Morgan fingerprint density at radius 3 is 2.18 bits per heavy atom. The minimum atomic E-state index is -0.400. The summed E-state index contributed by atoms with van der Waals surface area (Å²) in [7, 11) is 2.02. The van der Waals surface area contributed by atoms with Crippen LogP contribution in [0.3, 0.4) is 0 Å². The number of hydrogen-bond acceptors (Lipinski definition) is 5. The lowest BCUT2D eigenvalue weighted by molar-refractivity contribution is -0.384. The van der Waals surface area contributed by atoms with E-state index in [9.17, 15) is 10.1 Å². The number of nitro groups is 1. The highest BCUT2D eigenvalue weighted by molar-refractivity contribution is 7.15. The molecule has 0 radical (unpaired) electrons. The van der Waals surface area contributed by atoms with Crippen molar-refractivity contribution in [2.75, 3.05) is 0 Å². The van der Waals surface area contributed by atoms with Gasteiger partial charge in [-0.2, -0.15) is 0 Å². The number of benzene rings is 3. The van der Waals surface area contributed by atoms with Crippen LogP contribution in [-0.2, 0) is 7.05 Å². The fraction of sp³-hybridized carbons (Fsp3) is 0.0370. The van der Waals surface area contributed by atoms with Gasteiger partial charge in [-0.25, -0.2) is 9.97 Å². The van der Waals surface area contributed by atoms with Gasteiger partial charge in [0.1, 0.15) is 0 Å². The molecule has 0 aliphatic heterocycles. The Balaban J connectivity index is 1.50. The summed E-state index contributed by atoms with van der Waals surface area (Å²) in [6, 6.07) is 26.9. The molecule has 34 heavy (non-hydrogen) atoms. The Hall–Kier alpha value is -4.36. The van der Waals surface area contributed by atoms with Gasteiger partial charge in [-0.1, -0.05) is 66.7 Å². The van der Waals surface area contributed by atoms with Crippen LogP contribution in [-0.4, -0.2) is 19.5 Å². The quantitative estimate of drug-likeness (QED) is 0.201. The molecule has 0 atom stereocenters. The molecule has 6 nitrogen and oxygen atoms in total. The summed E-state index contributed by atoms with van der Waals surface area (Å²) in [6.45, 7) is 0. The molecule has 5 aromatic rings. The van der Waals surface area contributed by atoms with Crippen LogP contribution in [0, 0.1) is 10.1 Å². The molecule has 166 valence electrons. The van der Waals surface area contributed by atoms with Crippen molar-refractivity contribution in [1.82, 2.24) is 14.5 Å². The average Bonchev–Trinajstić information content (AvgIpc) is 3.48. The maximum absolute atomic E-state index is 10.8. The van der Waals surface area contributed by atoms with E-state index in [1.54, 1.807) is 23.5 Å². The van der Waals surface area contributed by atoms with Gasteiger partial charge in [-0.05, 0) is 23.8 Å². The number of nitrogens with zero attached hydrogens (tertiary/aromatic N) is 4. The Morgan fingerprint density at radius 1 is 0.882 bits per heavy atom. The third-order valence-electron chi connectivity index (χ3n) is 5.45. The fourth-order valence-electron chi connectivity index (χ4n) is 3.77. The predicted octanol–water partition coefficient (Wildman–Crippen LogP) is 6.96. The van der Waals surface area contributed by atoms with E-state index < -0.39 is 4.92 Å². The lowest BCUT2D eigenvalue weighted by Gasteiger charge is -2.07. The molecule has 0 amide bonds. The van der Waals surface area contributed by atoms with E-state index in [0.29, 0.717) is 0 Å². The number of hydrogen-bond donors (Lipinski definition) is 0. The van der Waals surface area contributed by atoms with Gasteiger partial charge in [0.05, 0.1) is 16.3 Å². The first kappa shape index (κ1) is 21.5. The molecular formula is C27H20N4O2S. The topological polar surface area (TPSA) is 73.8 Å². The summed E-state index contributed by atoms with van der Waals surface area (Å²) in [4.78, 5) is 21.0. The number of nitro benzene ring substituents is 1. The van der Waals surface area contributed by atoms with Crippen molar-refractivity contribution in [3.05, 3.63) is 112 Å². The standard InChI is InChI=1S/C27H20N4O2S/c1-30-25(21-10-6-3-7-11-21)24(20-8-4-2-5-9-20)29-26(30)27-28-18-23(34-27)17-14-19-12-15-22(16-13-19)31(32)33/h2-18H,1H3/b17-14+. The van der Waals surface area contributed by atoms with E-state index in [4.69, 9.17) is 4.98 Å². The lowest BCUT2D eigenvalue weighted by Crippen LogP contribution is -1.95. The number of rotatable bonds is 6. The second-order valence-corrected chi connectivity index (χ2v) is 8.74. The Bertz CT molecular complexity index is 1470. The van der Waals surface area contributed by atoms with Gasteiger partial charge in [-0.3, -0.25) is 10.1 Å². The summed E-state index contributed by atoms with van der Waals surface area (Å²) in [5.74, 6) is 0.803. The third kappa shape index (κ3) is 4.29. The van der Waals surface area contributed by atoms with Crippen LogP contribution in [0.15, 0.2) is 91.1 Å². The molecule has 7 heteroatoms. The van der Waals surface area contributed by atoms with Gasteiger partial charge in [0.2, 0.25) is 0 Å². The average molecular weight is 465 g/mol. The molecule has 0 bridgehead atoms. The van der Waals surface area contributed by atoms with Crippen LogP contribution in [0.4, 0.5) is 5.69 Å². The molecule has 0 aliphatic rings. The molecule has 0 spiro atoms. The van der Waals surface area contributed by atoms with E-state index in [-0.39, 0.29) is 5.69 Å². The van der Waals surface area contributed by atoms with Crippen LogP contribution < -0.4 is 0 Å².